The van der Waals surface area contributed by atoms with Gasteiger partial charge < -0.3 is 0 Å². The molecule has 0 aromatic rings. The van der Waals surface area contributed by atoms with E-state index in [1.165, 1.54) is 0 Å². The minimum atomic E-state index is -2.28. The standard InChI is InChI=1S/C3H6N2O3S/c4-5-3(6)1-2-9(7)8/h2H,1,4H2,(H,5,6). The van der Waals surface area contributed by atoms with E-state index in [2.05, 4.69) is 5.84 Å². The number of rotatable bonds is 2. The quantitative estimate of drug-likeness (QED) is 0.207. The minimum Gasteiger partial charge on any atom is -0.294 e. The molecule has 0 spiro atoms. The molecule has 0 aliphatic heterocycles. The zero-order chi connectivity index (χ0) is 7.28. The van der Waals surface area contributed by atoms with Crippen molar-refractivity contribution in [1.29, 1.82) is 0 Å². The maximum Gasteiger partial charge on any atom is 0.238 e. The van der Waals surface area contributed by atoms with Crippen LogP contribution in [-0.2, 0) is 15.1 Å². The van der Waals surface area contributed by atoms with E-state index in [0.29, 0.717) is 0 Å². The van der Waals surface area contributed by atoms with Gasteiger partial charge in [0.15, 0.2) is 0 Å². The SMILES string of the molecule is NNC(=O)CC=S(=O)=O. The highest BCUT2D eigenvalue weighted by molar-refractivity contribution is 7.71. The molecule has 1 amide bonds. The first-order chi connectivity index (χ1) is 4.16. The van der Waals surface area contributed by atoms with Crippen molar-refractivity contribution >= 4 is 21.6 Å². The molecule has 5 nitrogen and oxygen atoms in total. The number of nitrogens with one attached hydrogen (secondary N) is 1. The molecule has 0 bridgehead atoms. The Balaban J connectivity index is 3.78. The lowest BCUT2D eigenvalue weighted by atomic mass is 10.5. The van der Waals surface area contributed by atoms with Gasteiger partial charge in [-0.25, -0.2) is 5.84 Å². The average Bonchev–Trinajstić information content (AvgIpc) is 1.83. The molecule has 0 heterocycles. The molecule has 0 atom stereocenters. The van der Waals surface area contributed by atoms with Crippen LogP contribution in [0, 0.1) is 0 Å². The van der Waals surface area contributed by atoms with Gasteiger partial charge in [-0.15, -0.1) is 0 Å². The van der Waals surface area contributed by atoms with Crippen LogP contribution in [0.2, 0.25) is 0 Å². The van der Waals surface area contributed by atoms with Crippen LogP contribution in [0.4, 0.5) is 0 Å². The van der Waals surface area contributed by atoms with Crippen molar-refractivity contribution in [3.05, 3.63) is 0 Å². The summed E-state index contributed by atoms with van der Waals surface area (Å²) in [5, 5.41) is 0.822. The Morgan fingerprint density at radius 3 is 2.56 bits per heavy atom. The van der Waals surface area contributed by atoms with Gasteiger partial charge in [-0.05, 0) is 0 Å². The third-order valence-electron chi connectivity index (χ3n) is 0.566. The molecule has 9 heavy (non-hydrogen) atoms. The molecule has 0 aliphatic carbocycles. The first kappa shape index (κ1) is 8.12. The van der Waals surface area contributed by atoms with Gasteiger partial charge in [-0.2, -0.15) is 8.42 Å². The van der Waals surface area contributed by atoms with Crippen LogP contribution in [0.5, 0.6) is 0 Å². The molecule has 0 aromatic carbocycles. The van der Waals surface area contributed by atoms with Crippen LogP contribution in [0.25, 0.3) is 0 Å². The van der Waals surface area contributed by atoms with Gasteiger partial charge in [0.25, 0.3) is 0 Å². The number of nitrogens with two attached hydrogens (primary N) is 1. The summed E-state index contributed by atoms with van der Waals surface area (Å²) in [7, 11) is -2.28. The molecule has 0 aromatic heterocycles. The molecule has 3 N–H and O–H groups in total. The van der Waals surface area contributed by atoms with E-state index < -0.39 is 16.2 Å². The van der Waals surface area contributed by atoms with E-state index in [-0.39, 0.29) is 6.42 Å². The summed E-state index contributed by atoms with van der Waals surface area (Å²) in [6.45, 7) is 0. The van der Waals surface area contributed by atoms with Gasteiger partial charge in [0.05, 0.1) is 6.42 Å². The number of carbonyl (C=O) groups excluding carboxylic acids is 1. The van der Waals surface area contributed by atoms with Crippen molar-refractivity contribution in [2.75, 3.05) is 0 Å². The lowest BCUT2D eigenvalue weighted by molar-refractivity contribution is -0.119. The highest BCUT2D eigenvalue weighted by Gasteiger charge is 1.91. The zero-order valence-electron chi connectivity index (χ0n) is 4.49. The van der Waals surface area contributed by atoms with E-state index in [0.717, 1.165) is 5.37 Å². The highest BCUT2D eigenvalue weighted by atomic mass is 32.2. The fourth-order valence-electron chi connectivity index (χ4n) is 0.203. The van der Waals surface area contributed by atoms with E-state index in [4.69, 9.17) is 0 Å². The Hall–Kier alpha value is -0.880. The monoisotopic (exact) mass is 150 g/mol. The van der Waals surface area contributed by atoms with Crippen molar-refractivity contribution in [2.24, 2.45) is 5.84 Å². The first-order valence-corrected chi connectivity index (χ1v) is 3.21. The first-order valence-electron chi connectivity index (χ1n) is 2.07. The topological polar surface area (TPSA) is 89.3 Å². The van der Waals surface area contributed by atoms with E-state index in [9.17, 15) is 13.2 Å². The molecule has 0 rings (SSSR count). The van der Waals surface area contributed by atoms with Gasteiger partial charge >= 0.3 is 0 Å². The molecule has 6 heteroatoms. The predicted molar refractivity (Wildman–Crippen MR) is 31.9 cm³/mol. The molecular weight excluding hydrogens is 144 g/mol. The summed E-state index contributed by atoms with van der Waals surface area (Å²) in [4.78, 5) is 10.2. The largest absolute Gasteiger partial charge is 0.294 e. The Kier molecular flexibility index (Phi) is 3.65. The number of hydrazine groups is 1. The van der Waals surface area contributed by atoms with Crippen LogP contribution >= 0.6 is 0 Å². The highest BCUT2D eigenvalue weighted by Crippen LogP contribution is 1.67. The van der Waals surface area contributed by atoms with Crippen LogP contribution < -0.4 is 11.3 Å². The van der Waals surface area contributed by atoms with Gasteiger partial charge in [-0.1, -0.05) is 0 Å². The second kappa shape index (κ2) is 4.04. The summed E-state index contributed by atoms with van der Waals surface area (Å²) in [5.74, 6) is 4.11. The van der Waals surface area contributed by atoms with Crippen molar-refractivity contribution in [3.8, 4) is 0 Å². The smallest absolute Gasteiger partial charge is 0.238 e. The fourth-order valence-corrected chi connectivity index (χ4v) is 0.490. The predicted octanol–water partition coefficient (Wildman–Crippen LogP) is -1.95. The lowest BCUT2D eigenvalue weighted by Crippen LogP contribution is -2.29. The van der Waals surface area contributed by atoms with Crippen LogP contribution in [0.15, 0.2) is 0 Å². The summed E-state index contributed by atoms with van der Waals surface area (Å²) >= 11 is 0. The van der Waals surface area contributed by atoms with Crippen LogP contribution in [0.1, 0.15) is 6.42 Å². The summed E-state index contributed by atoms with van der Waals surface area (Å²) < 4.78 is 19.5. The third kappa shape index (κ3) is 4.98. The zero-order valence-corrected chi connectivity index (χ0v) is 5.31. The van der Waals surface area contributed by atoms with Gasteiger partial charge in [0.2, 0.25) is 16.2 Å². The van der Waals surface area contributed by atoms with Crippen molar-refractivity contribution < 1.29 is 13.2 Å². The molecule has 0 unspecified atom stereocenters. The maximum atomic E-state index is 10.2. The second-order valence-electron chi connectivity index (χ2n) is 1.20. The summed E-state index contributed by atoms with van der Waals surface area (Å²) in [5.41, 5.74) is 1.78. The Labute approximate surface area is 53.4 Å². The second-order valence-corrected chi connectivity index (χ2v) is 2.05. The molecule has 0 aliphatic rings. The minimum absolute atomic E-state index is 0.202. The third-order valence-corrected chi connectivity index (χ3v) is 1.00. The maximum absolute atomic E-state index is 10.2. The Morgan fingerprint density at radius 1 is 1.67 bits per heavy atom. The Bertz CT molecular complexity index is 209. The van der Waals surface area contributed by atoms with E-state index in [1.807, 2.05) is 0 Å². The molecule has 0 radical (unpaired) electrons. The van der Waals surface area contributed by atoms with Crippen molar-refractivity contribution in [3.63, 3.8) is 0 Å². The van der Waals surface area contributed by atoms with Crippen LogP contribution in [0.3, 0.4) is 0 Å². The molecule has 0 fully saturated rings. The lowest BCUT2D eigenvalue weighted by Gasteiger charge is -1.87. The fraction of sp³-hybridized carbons (Fsp3) is 0.333. The van der Waals surface area contributed by atoms with Gasteiger partial charge in [-0.3, -0.25) is 10.2 Å². The number of hydrogen-bond acceptors (Lipinski definition) is 4. The summed E-state index contributed by atoms with van der Waals surface area (Å²) in [6, 6.07) is 0. The van der Waals surface area contributed by atoms with E-state index in [1.54, 1.807) is 5.43 Å². The molecule has 0 saturated carbocycles. The van der Waals surface area contributed by atoms with Crippen molar-refractivity contribution in [2.45, 2.75) is 6.42 Å². The number of hydrogen-bond donors (Lipinski definition) is 2. The van der Waals surface area contributed by atoms with E-state index >= 15 is 0 Å². The molecular formula is C3H6N2O3S. The molecule has 0 saturated heterocycles. The average molecular weight is 150 g/mol. The normalized spacial score (nSPS) is 8.11. The van der Waals surface area contributed by atoms with Gasteiger partial charge in [0.1, 0.15) is 0 Å². The Morgan fingerprint density at radius 2 is 2.22 bits per heavy atom. The van der Waals surface area contributed by atoms with Crippen molar-refractivity contribution in [1.82, 2.24) is 5.43 Å². The molecule has 52 valence electrons. The van der Waals surface area contributed by atoms with Crippen LogP contribution in [-0.4, -0.2) is 19.7 Å². The number of carbonyl (C=O) groups is 1. The number of amides is 1. The van der Waals surface area contributed by atoms with Gasteiger partial charge in [0, 0.05) is 5.37 Å². The summed E-state index contributed by atoms with van der Waals surface area (Å²) in [6.07, 6.45) is -0.202.